The molecular formula is C18H24N4O3S2. The summed E-state index contributed by atoms with van der Waals surface area (Å²) in [5, 5.41) is 14.8. The SMILES string of the molecule is CC[C@@H](C)[C@H](NC(=O)CSc1nnc(Nc2cccc(C)c2)s1)C(=O)OC. The summed E-state index contributed by atoms with van der Waals surface area (Å²) in [5.74, 6) is -0.511. The smallest absolute Gasteiger partial charge is 0.328 e. The topological polar surface area (TPSA) is 93.2 Å². The van der Waals surface area contributed by atoms with Gasteiger partial charge in [-0.1, -0.05) is 55.5 Å². The van der Waals surface area contributed by atoms with E-state index in [1.807, 2.05) is 45.0 Å². The van der Waals surface area contributed by atoms with E-state index in [1.54, 1.807) is 0 Å². The van der Waals surface area contributed by atoms with Gasteiger partial charge in [0.2, 0.25) is 11.0 Å². The molecule has 0 unspecified atom stereocenters. The molecule has 0 aliphatic heterocycles. The first-order chi connectivity index (χ1) is 12.9. The van der Waals surface area contributed by atoms with Gasteiger partial charge in [0, 0.05) is 5.69 Å². The Balaban J connectivity index is 1.88. The van der Waals surface area contributed by atoms with E-state index in [0.717, 1.165) is 17.7 Å². The number of methoxy groups -OCH3 is 1. The standard InChI is InChI=1S/C18H24N4O3S2/c1-5-12(3)15(16(24)25-4)20-14(23)10-26-18-22-21-17(27-18)19-13-8-6-7-11(2)9-13/h6-9,12,15H,5,10H2,1-4H3,(H,19,21)(H,20,23)/t12-,15+/m1/s1. The van der Waals surface area contributed by atoms with Crippen LogP contribution in [0.4, 0.5) is 10.8 Å². The second-order valence-corrected chi connectivity index (χ2v) is 8.31. The molecule has 2 rings (SSSR count). The number of carbonyl (C=O) groups excluding carboxylic acids is 2. The van der Waals surface area contributed by atoms with Gasteiger partial charge in [0.15, 0.2) is 4.34 Å². The molecule has 1 heterocycles. The second kappa shape index (κ2) is 10.3. The first-order valence-corrected chi connectivity index (χ1v) is 10.4. The van der Waals surface area contributed by atoms with Crippen molar-refractivity contribution in [2.45, 2.75) is 37.6 Å². The molecule has 1 amide bonds. The number of ether oxygens (including phenoxy) is 1. The number of anilines is 2. The van der Waals surface area contributed by atoms with E-state index in [0.29, 0.717) is 9.47 Å². The van der Waals surface area contributed by atoms with Gasteiger partial charge in [-0.2, -0.15) is 0 Å². The van der Waals surface area contributed by atoms with Crippen LogP contribution in [-0.2, 0) is 14.3 Å². The molecule has 0 saturated carbocycles. The van der Waals surface area contributed by atoms with Crippen LogP contribution >= 0.6 is 23.1 Å². The Bertz CT molecular complexity index is 781. The molecule has 2 atom stereocenters. The van der Waals surface area contributed by atoms with Crippen molar-refractivity contribution in [3.8, 4) is 0 Å². The third kappa shape index (κ3) is 6.51. The summed E-state index contributed by atoms with van der Waals surface area (Å²) < 4.78 is 5.46. The molecule has 2 N–H and O–H groups in total. The minimum absolute atomic E-state index is 0.00180. The Labute approximate surface area is 167 Å². The van der Waals surface area contributed by atoms with E-state index < -0.39 is 12.0 Å². The van der Waals surface area contributed by atoms with Gasteiger partial charge in [-0.15, -0.1) is 10.2 Å². The highest BCUT2D eigenvalue weighted by Crippen LogP contribution is 2.27. The third-order valence-electron chi connectivity index (χ3n) is 3.99. The van der Waals surface area contributed by atoms with Crippen LogP contribution in [0.25, 0.3) is 0 Å². The number of nitrogens with one attached hydrogen (secondary N) is 2. The number of hydrogen-bond donors (Lipinski definition) is 2. The minimum Gasteiger partial charge on any atom is -0.467 e. The fourth-order valence-corrected chi connectivity index (χ4v) is 3.89. The van der Waals surface area contributed by atoms with Crippen LogP contribution in [0, 0.1) is 12.8 Å². The lowest BCUT2D eigenvalue weighted by Gasteiger charge is -2.21. The van der Waals surface area contributed by atoms with Crippen molar-refractivity contribution >= 4 is 45.8 Å². The number of esters is 1. The Kier molecular flexibility index (Phi) is 8.05. The number of amides is 1. The zero-order valence-electron chi connectivity index (χ0n) is 15.8. The van der Waals surface area contributed by atoms with Crippen LogP contribution < -0.4 is 10.6 Å². The van der Waals surface area contributed by atoms with Crippen molar-refractivity contribution in [2.24, 2.45) is 5.92 Å². The molecule has 27 heavy (non-hydrogen) atoms. The molecule has 146 valence electrons. The third-order valence-corrected chi connectivity index (χ3v) is 5.96. The van der Waals surface area contributed by atoms with Crippen molar-refractivity contribution in [3.63, 3.8) is 0 Å². The molecule has 0 bridgehead atoms. The maximum Gasteiger partial charge on any atom is 0.328 e. The molecule has 0 saturated heterocycles. The molecule has 2 aromatic rings. The normalized spacial score (nSPS) is 12.9. The Morgan fingerprint density at radius 1 is 1.33 bits per heavy atom. The van der Waals surface area contributed by atoms with Gasteiger partial charge in [0.25, 0.3) is 0 Å². The molecule has 0 aliphatic rings. The van der Waals surface area contributed by atoms with E-state index in [1.165, 1.54) is 30.2 Å². The monoisotopic (exact) mass is 408 g/mol. The number of nitrogens with zero attached hydrogens (tertiary/aromatic N) is 2. The first kappa shape index (κ1) is 21.2. The molecule has 9 heteroatoms. The summed E-state index contributed by atoms with van der Waals surface area (Å²) in [6, 6.07) is 7.32. The maximum absolute atomic E-state index is 12.2. The lowest BCUT2D eigenvalue weighted by molar-refractivity contribution is -0.146. The van der Waals surface area contributed by atoms with E-state index in [-0.39, 0.29) is 17.6 Å². The molecule has 0 radical (unpaired) electrons. The zero-order valence-corrected chi connectivity index (χ0v) is 17.4. The van der Waals surface area contributed by atoms with Crippen LogP contribution in [0.1, 0.15) is 25.8 Å². The quantitative estimate of drug-likeness (QED) is 0.485. The van der Waals surface area contributed by atoms with Crippen molar-refractivity contribution in [1.29, 1.82) is 0 Å². The van der Waals surface area contributed by atoms with Gasteiger partial charge in [0.1, 0.15) is 6.04 Å². The number of thioether (sulfide) groups is 1. The van der Waals surface area contributed by atoms with Crippen molar-refractivity contribution in [3.05, 3.63) is 29.8 Å². The number of rotatable bonds is 9. The van der Waals surface area contributed by atoms with Crippen LogP contribution in [0.2, 0.25) is 0 Å². The van der Waals surface area contributed by atoms with Gasteiger partial charge >= 0.3 is 5.97 Å². The molecule has 7 nitrogen and oxygen atoms in total. The predicted molar refractivity (Wildman–Crippen MR) is 108 cm³/mol. The van der Waals surface area contributed by atoms with Gasteiger partial charge < -0.3 is 15.4 Å². The Hall–Kier alpha value is -2.13. The molecule has 0 spiro atoms. The van der Waals surface area contributed by atoms with Gasteiger partial charge in [0.05, 0.1) is 12.9 Å². The number of benzene rings is 1. The highest BCUT2D eigenvalue weighted by atomic mass is 32.2. The Morgan fingerprint density at radius 3 is 2.78 bits per heavy atom. The lowest BCUT2D eigenvalue weighted by atomic mass is 9.99. The second-order valence-electron chi connectivity index (χ2n) is 6.11. The maximum atomic E-state index is 12.2. The van der Waals surface area contributed by atoms with Crippen molar-refractivity contribution < 1.29 is 14.3 Å². The lowest BCUT2D eigenvalue weighted by Crippen LogP contribution is -2.46. The minimum atomic E-state index is -0.638. The Morgan fingerprint density at radius 2 is 2.11 bits per heavy atom. The summed E-state index contributed by atoms with van der Waals surface area (Å²) >= 11 is 2.66. The van der Waals surface area contributed by atoms with Crippen molar-refractivity contribution in [1.82, 2.24) is 15.5 Å². The average Bonchev–Trinajstić information content (AvgIpc) is 3.10. The molecule has 1 aromatic carbocycles. The first-order valence-electron chi connectivity index (χ1n) is 8.60. The summed E-state index contributed by atoms with van der Waals surface area (Å²) in [6.45, 7) is 5.89. The predicted octanol–water partition coefficient (Wildman–Crippen LogP) is 3.39. The summed E-state index contributed by atoms with van der Waals surface area (Å²) in [6.07, 6.45) is 0.761. The van der Waals surface area contributed by atoms with Gasteiger partial charge in [-0.3, -0.25) is 4.79 Å². The fourth-order valence-electron chi connectivity index (χ4n) is 2.30. The van der Waals surface area contributed by atoms with Crippen LogP contribution in [0.5, 0.6) is 0 Å². The van der Waals surface area contributed by atoms with Crippen LogP contribution in [-0.4, -0.2) is 41.0 Å². The van der Waals surface area contributed by atoms with Crippen LogP contribution in [0.15, 0.2) is 28.6 Å². The number of aryl methyl sites for hydroxylation is 1. The van der Waals surface area contributed by atoms with E-state index in [4.69, 9.17) is 4.74 Å². The summed E-state index contributed by atoms with van der Waals surface area (Å²) in [4.78, 5) is 24.1. The highest BCUT2D eigenvalue weighted by molar-refractivity contribution is 8.01. The van der Waals surface area contributed by atoms with Gasteiger partial charge in [-0.05, 0) is 30.5 Å². The van der Waals surface area contributed by atoms with Crippen LogP contribution in [0.3, 0.4) is 0 Å². The summed E-state index contributed by atoms with van der Waals surface area (Å²) in [5.41, 5.74) is 2.09. The summed E-state index contributed by atoms with van der Waals surface area (Å²) in [7, 11) is 1.32. The van der Waals surface area contributed by atoms with E-state index in [9.17, 15) is 9.59 Å². The zero-order chi connectivity index (χ0) is 19.8. The molecule has 1 aromatic heterocycles. The fraction of sp³-hybridized carbons (Fsp3) is 0.444. The molecular weight excluding hydrogens is 384 g/mol. The largest absolute Gasteiger partial charge is 0.467 e. The number of aromatic nitrogens is 2. The van der Waals surface area contributed by atoms with Gasteiger partial charge in [-0.25, -0.2) is 4.79 Å². The number of hydrogen-bond acceptors (Lipinski definition) is 8. The van der Waals surface area contributed by atoms with Crippen molar-refractivity contribution in [2.75, 3.05) is 18.2 Å². The number of carbonyl (C=O) groups is 2. The van der Waals surface area contributed by atoms with E-state index >= 15 is 0 Å². The highest BCUT2D eigenvalue weighted by Gasteiger charge is 2.26. The molecule has 0 aliphatic carbocycles. The average molecular weight is 409 g/mol. The molecule has 0 fully saturated rings. The van der Waals surface area contributed by atoms with E-state index in [2.05, 4.69) is 20.8 Å².